The van der Waals surface area contributed by atoms with Crippen molar-refractivity contribution in [2.24, 2.45) is 0 Å². The number of methoxy groups -OCH3 is 1. The van der Waals surface area contributed by atoms with Crippen molar-refractivity contribution in [1.29, 1.82) is 0 Å². The Morgan fingerprint density at radius 3 is 3.00 bits per heavy atom. The first-order valence-electron chi connectivity index (χ1n) is 5.75. The first-order valence-corrected chi connectivity index (χ1v) is 5.75. The number of esters is 1. The monoisotopic (exact) mass is 263 g/mol. The molecule has 1 aromatic carbocycles. The summed E-state index contributed by atoms with van der Waals surface area (Å²) in [6.07, 6.45) is 2.07. The maximum absolute atomic E-state index is 13.0. The average Bonchev–Trinajstić information content (AvgIpc) is 2.77. The van der Waals surface area contributed by atoms with Crippen LogP contribution in [-0.2, 0) is 17.7 Å². The quantitative estimate of drug-likeness (QED) is 0.851. The van der Waals surface area contributed by atoms with Gasteiger partial charge in [0.2, 0.25) is 0 Å². The van der Waals surface area contributed by atoms with Crippen LogP contribution >= 0.6 is 0 Å². The third kappa shape index (κ3) is 2.90. The Hall–Kier alpha value is -2.37. The van der Waals surface area contributed by atoms with Gasteiger partial charge in [-0.3, -0.25) is 0 Å². The number of hydrogen-bond acceptors (Lipinski definition) is 4. The molecular formula is C13H14FN3O2. The van der Waals surface area contributed by atoms with E-state index in [1.165, 1.54) is 25.6 Å². The number of halogens is 1. The number of nitrogens with zero attached hydrogens (tertiary/aromatic N) is 2. The summed E-state index contributed by atoms with van der Waals surface area (Å²) < 4.78 is 19.2. The van der Waals surface area contributed by atoms with Gasteiger partial charge in [0.1, 0.15) is 11.6 Å². The number of ether oxygens (including phenoxy) is 1. The molecule has 19 heavy (non-hydrogen) atoms. The van der Waals surface area contributed by atoms with Crippen molar-refractivity contribution in [2.45, 2.75) is 13.0 Å². The molecule has 0 saturated heterocycles. The van der Waals surface area contributed by atoms with Crippen molar-refractivity contribution in [1.82, 2.24) is 9.55 Å². The molecule has 2 aromatic rings. The highest BCUT2D eigenvalue weighted by molar-refractivity contribution is 5.92. The van der Waals surface area contributed by atoms with E-state index in [1.54, 1.807) is 10.6 Å². The molecule has 2 rings (SSSR count). The molecule has 0 bridgehead atoms. The number of hydrogen-bond donors (Lipinski definition) is 1. The lowest BCUT2D eigenvalue weighted by Gasteiger charge is -2.05. The van der Waals surface area contributed by atoms with Crippen LogP contribution in [0.4, 0.5) is 10.2 Å². The summed E-state index contributed by atoms with van der Waals surface area (Å²) in [5.74, 6) is -0.586. The highest BCUT2D eigenvalue weighted by Gasteiger charge is 2.15. The Kier molecular flexibility index (Phi) is 3.79. The average molecular weight is 263 g/mol. The van der Waals surface area contributed by atoms with Gasteiger partial charge in [0.05, 0.1) is 13.4 Å². The predicted octanol–water partition coefficient (Wildman–Crippen LogP) is 1.63. The van der Waals surface area contributed by atoms with Gasteiger partial charge >= 0.3 is 5.97 Å². The summed E-state index contributed by atoms with van der Waals surface area (Å²) in [6, 6.07) is 6.35. The van der Waals surface area contributed by atoms with Crippen molar-refractivity contribution in [2.75, 3.05) is 12.8 Å². The number of carbonyl (C=O) groups is 1. The van der Waals surface area contributed by atoms with E-state index < -0.39 is 5.97 Å². The molecule has 0 aliphatic rings. The second-order valence-electron chi connectivity index (χ2n) is 4.04. The largest absolute Gasteiger partial charge is 0.464 e. The van der Waals surface area contributed by atoms with Crippen LogP contribution in [0.15, 0.2) is 30.6 Å². The zero-order valence-corrected chi connectivity index (χ0v) is 10.5. The second-order valence-corrected chi connectivity index (χ2v) is 4.04. The summed E-state index contributed by atoms with van der Waals surface area (Å²) in [5.41, 5.74) is 6.75. The van der Waals surface area contributed by atoms with Crippen LogP contribution in [0.1, 0.15) is 16.1 Å². The number of nitrogen functional groups attached to an aromatic ring is 1. The summed E-state index contributed by atoms with van der Waals surface area (Å²) in [7, 11) is 1.27. The van der Waals surface area contributed by atoms with Gasteiger partial charge in [-0.15, -0.1) is 0 Å². The van der Waals surface area contributed by atoms with Gasteiger partial charge in [-0.1, -0.05) is 12.1 Å². The van der Waals surface area contributed by atoms with Crippen LogP contribution in [0.25, 0.3) is 0 Å². The van der Waals surface area contributed by atoms with E-state index in [1.807, 2.05) is 6.07 Å². The zero-order chi connectivity index (χ0) is 13.8. The molecule has 0 aliphatic carbocycles. The minimum absolute atomic E-state index is 0.0988. The summed E-state index contributed by atoms with van der Waals surface area (Å²) >= 11 is 0. The second kappa shape index (κ2) is 5.51. The van der Waals surface area contributed by atoms with Gasteiger partial charge in [-0.2, -0.15) is 0 Å². The Morgan fingerprint density at radius 2 is 2.32 bits per heavy atom. The third-order valence-corrected chi connectivity index (χ3v) is 2.79. The van der Waals surface area contributed by atoms with Crippen molar-refractivity contribution in [3.8, 4) is 0 Å². The Labute approximate surface area is 109 Å². The molecule has 0 saturated carbocycles. The molecule has 0 spiro atoms. The van der Waals surface area contributed by atoms with Crippen LogP contribution in [0.5, 0.6) is 0 Å². The lowest BCUT2D eigenvalue weighted by Crippen LogP contribution is -2.09. The number of nitrogens with two attached hydrogens (primary N) is 1. The molecular weight excluding hydrogens is 249 g/mol. The Balaban J connectivity index is 2.08. The van der Waals surface area contributed by atoms with Gasteiger partial charge in [0, 0.05) is 6.54 Å². The van der Waals surface area contributed by atoms with E-state index >= 15 is 0 Å². The minimum Gasteiger partial charge on any atom is -0.464 e. The fraction of sp³-hybridized carbons (Fsp3) is 0.231. The smallest absolute Gasteiger partial charge is 0.360 e. The number of imidazole rings is 1. The van der Waals surface area contributed by atoms with Crippen molar-refractivity contribution in [3.63, 3.8) is 0 Å². The molecule has 100 valence electrons. The summed E-state index contributed by atoms with van der Waals surface area (Å²) in [4.78, 5) is 15.2. The highest BCUT2D eigenvalue weighted by Crippen LogP contribution is 2.13. The molecule has 0 unspecified atom stereocenters. The van der Waals surface area contributed by atoms with Crippen LogP contribution in [0.3, 0.4) is 0 Å². The van der Waals surface area contributed by atoms with Crippen LogP contribution in [-0.4, -0.2) is 22.6 Å². The van der Waals surface area contributed by atoms with E-state index in [0.29, 0.717) is 13.0 Å². The topological polar surface area (TPSA) is 70.1 Å². The van der Waals surface area contributed by atoms with Gasteiger partial charge in [0.15, 0.2) is 5.69 Å². The summed E-state index contributed by atoms with van der Waals surface area (Å²) in [6.45, 7) is 0.513. The molecule has 0 atom stereocenters. The van der Waals surface area contributed by atoms with E-state index in [-0.39, 0.29) is 17.3 Å². The van der Waals surface area contributed by atoms with Crippen LogP contribution in [0, 0.1) is 5.82 Å². The molecule has 0 radical (unpaired) electrons. The van der Waals surface area contributed by atoms with Gasteiger partial charge < -0.3 is 15.0 Å². The fourth-order valence-corrected chi connectivity index (χ4v) is 1.77. The number of carbonyl (C=O) groups excluding carboxylic acids is 1. The van der Waals surface area contributed by atoms with Gasteiger partial charge in [-0.25, -0.2) is 14.2 Å². The van der Waals surface area contributed by atoms with Gasteiger partial charge in [-0.05, 0) is 24.1 Å². The van der Waals surface area contributed by atoms with Crippen molar-refractivity contribution in [3.05, 3.63) is 47.7 Å². The normalized spacial score (nSPS) is 10.4. The highest BCUT2D eigenvalue weighted by atomic mass is 19.1. The molecule has 0 aliphatic heterocycles. The molecule has 0 amide bonds. The molecule has 0 fully saturated rings. The number of benzene rings is 1. The number of aryl methyl sites for hydroxylation is 2. The van der Waals surface area contributed by atoms with Crippen LogP contribution in [0.2, 0.25) is 0 Å². The molecule has 5 nitrogen and oxygen atoms in total. The van der Waals surface area contributed by atoms with Crippen LogP contribution < -0.4 is 5.73 Å². The lowest BCUT2D eigenvalue weighted by atomic mass is 10.1. The first-order chi connectivity index (χ1) is 9.11. The minimum atomic E-state index is -0.568. The lowest BCUT2D eigenvalue weighted by molar-refractivity contribution is 0.0596. The van der Waals surface area contributed by atoms with Gasteiger partial charge in [0.25, 0.3) is 0 Å². The number of anilines is 1. The molecule has 1 aromatic heterocycles. The Morgan fingerprint density at radius 1 is 1.53 bits per heavy atom. The van der Waals surface area contributed by atoms with E-state index in [9.17, 15) is 9.18 Å². The van der Waals surface area contributed by atoms with E-state index in [4.69, 9.17) is 5.73 Å². The third-order valence-electron chi connectivity index (χ3n) is 2.79. The van der Waals surface area contributed by atoms with E-state index in [2.05, 4.69) is 9.72 Å². The van der Waals surface area contributed by atoms with Crippen molar-refractivity contribution >= 4 is 11.8 Å². The summed E-state index contributed by atoms with van der Waals surface area (Å²) in [5, 5.41) is 0. The number of rotatable bonds is 4. The zero-order valence-electron chi connectivity index (χ0n) is 10.5. The standard InChI is InChI=1S/C13H14FN3O2/c1-19-13(18)11-12(15)17(8-16-11)6-5-9-3-2-4-10(14)7-9/h2-4,7-8H,5-6,15H2,1H3. The SMILES string of the molecule is COC(=O)c1ncn(CCc2cccc(F)c2)c1N. The Bertz CT molecular complexity index is 595. The predicted molar refractivity (Wildman–Crippen MR) is 68.1 cm³/mol. The molecule has 1 heterocycles. The van der Waals surface area contributed by atoms with E-state index in [0.717, 1.165) is 5.56 Å². The van der Waals surface area contributed by atoms with Crippen molar-refractivity contribution < 1.29 is 13.9 Å². The first kappa shape index (κ1) is 13.1. The fourth-order valence-electron chi connectivity index (χ4n) is 1.77. The maximum Gasteiger partial charge on any atom is 0.360 e. The number of aromatic nitrogens is 2. The molecule has 6 heteroatoms. The maximum atomic E-state index is 13.0. The molecule has 2 N–H and O–H groups in total.